The summed E-state index contributed by atoms with van der Waals surface area (Å²) < 4.78 is 77.7. The third-order valence-corrected chi connectivity index (χ3v) is 6.85. The molecule has 0 saturated carbocycles. The van der Waals surface area contributed by atoms with E-state index in [0.717, 1.165) is 36.4 Å². The Labute approximate surface area is 259 Å². The minimum Gasteiger partial charge on any atom is -0.481 e. The van der Waals surface area contributed by atoms with Crippen LogP contribution in [0.3, 0.4) is 0 Å². The number of halogens is 6. The highest BCUT2D eigenvalue weighted by molar-refractivity contribution is 5.97. The van der Waals surface area contributed by atoms with Crippen molar-refractivity contribution in [2.45, 2.75) is 31.2 Å². The summed E-state index contributed by atoms with van der Waals surface area (Å²) in [5.74, 6) is -2.12. The van der Waals surface area contributed by atoms with E-state index in [9.17, 15) is 40.7 Å². The molecule has 4 aromatic rings. The number of carboxylic acids is 1. The van der Waals surface area contributed by atoms with Crippen molar-refractivity contribution in [2.75, 3.05) is 17.2 Å². The van der Waals surface area contributed by atoms with E-state index in [4.69, 9.17) is 5.11 Å². The van der Waals surface area contributed by atoms with Crippen molar-refractivity contribution in [1.82, 2.24) is 5.32 Å². The molecule has 0 saturated heterocycles. The molecule has 4 aromatic carbocycles. The number of anilines is 2. The second-order valence-electron chi connectivity index (χ2n) is 10.2. The second-order valence-corrected chi connectivity index (χ2v) is 10.2. The largest absolute Gasteiger partial charge is 0.481 e. The number of aliphatic carboxylic acids is 1. The highest BCUT2D eigenvalue weighted by atomic mass is 19.4. The zero-order chi connectivity index (χ0) is 33.5. The number of nitrogens with one attached hydrogen (secondary N) is 3. The highest BCUT2D eigenvalue weighted by Crippen LogP contribution is 2.32. The molecule has 13 heteroatoms. The van der Waals surface area contributed by atoms with Gasteiger partial charge in [0.15, 0.2) is 0 Å². The normalized spacial score (nSPS) is 12.2. The molecule has 7 nitrogen and oxygen atoms in total. The molecular weight excluding hydrogens is 616 g/mol. The second kappa shape index (κ2) is 14.2. The molecule has 4 rings (SSSR count). The van der Waals surface area contributed by atoms with E-state index in [-0.39, 0.29) is 30.6 Å². The van der Waals surface area contributed by atoms with Gasteiger partial charge >= 0.3 is 18.3 Å². The standard InChI is InChI=1S/C33H27F6N3O4/c34-32(35,36)24-9-5-22(6-10-24)21-3-1-20(2-4-21)19-28(31(46)42-27-15-11-25(12-16-27)33(37,38)39)41-26-13-7-23(8-14-26)30(45)40-18-17-29(43)44/h1-16,28,41H,17-19H2,(H,40,45)(H,42,46)(H,43,44). The topological polar surface area (TPSA) is 108 Å². The van der Waals surface area contributed by atoms with Crippen molar-refractivity contribution in [2.24, 2.45) is 0 Å². The average molecular weight is 644 g/mol. The summed E-state index contributed by atoms with van der Waals surface area (Å²) in [6.07, 6.45) is -9.14. The van der Waals surface area contributed by atoms with Crippen LogP contribution < -0.4 is 16.0 Å². The third kappa shape index (κ3) is 9.34. The Balaban J connectivity index is 1.51. The summed E-state index contributed by atoms with van der Waals surface area (Å²) in [4.78, 5) is 36.3. The summed E-state index contributed by atoms with van der Waals surface area (Å²) in [6, 6.07) is 20.5. The van der Waals surface area contributed by atoms with Gasteiger partial charge < -0.3 is 21.1 Å². The number of benzene rings is 4. The Morgan fingerprint density at radius 2 is 1.13 bits per heavy atom. The van der Waals surface area contributed by atoms with E-state index in [2.05, 4.69) is 16.0 Å². The van der Waals surface area contributed by atoms with Gasteiger partial charge in [0.2, 0.25) is 5.91 Å². The Kier molecular flexibility index (Phi) is 10.3. The molecule has 0 aliphatic carbocycles. The third-order valence-electron chi connectivity index (χ3n) is 6.85. The Bertz CT molecular complexity index is 1650. The predicted molar refractivity (Wildman–Crippen MR) is 159 cm³/mol. The minimum absolute atomic E-state index is 0.0575. The molecule has 240 valence electrons. The number of hydrogen-bond acceptors (Lipinski definition) is 4. The number of rotatable bonds is 11. The van der Waals surface area contributed by atoms with Crippen LogP contribution in [-0.4, -0.2) is 35.5 Å². The number of carboxylic acid groups (broad SMARTS) is 1. The van der Waals surface area contributed by atoms with E-state index in [1.54, 1.807) is 24.3 Å². The molecule has 0 aliphatic heterocycles. The lowest BCUT2D eigenvalue weighted by Crippen LogP contribution is -2.36. The maximum atomic E-state index is 13.4. The molecule has 0 aliphatic rings. The van der Waals surface area contributed by atoms with Gasteiger partial charge in [-0.2, -0.15) is 26.3 Å². The van der Waals surface area contributed by atoms with Crippen LogP contribution in [0.1, 0.15) is 33.5 Å². The molecule has 0 spiro atoms. The molecule has 46 heavy (non-hydrogen) atoms. The van der Waals surface area contributed by atoms with Crippen LogP contribution in [0, 0.1) is 0 Å². The van der Waals surface area contributed by atoms with Gasteiger partial charge in [0.1, 0.15) is 6.04 Å². The fraction of sp³-hybridized carbons (Fsp3) is 0.182. The van der Waals surface area contributed by atoms with Gasteiger partial charge in [-0.05, 0) is 77.4 Å². The zero-order valence-electron chi connectivity index (χ0n) is 23.9. The van der Waals surface area contributed by atoms with E-state index >= 15 is 0 Å². The van der Waals surface area contributed by atoms with Crippen LogP contribution in [0.15, 0.2) is 97.1 Å². The molecular formula is C33H27F6N3O4. The quantitative estimate of drug-likeness (QED) is 0.129. The van der Waals surface area contributed by atoms with Crippen molar-refractivity contribution in [1.29, 1.82) is 0 Å². The van der Waals surface area contributed by atoms with Gasteiger partial charge in [-0.1, -0.05) is 36.4 Å². The lowest BCUT2D eigenvalue weighted by Gasteiger charge is -2.20. The number of amides is 2. The predicted octanol–water partition coefficient (Wildman–Crippen LogP) is 7.26. The van der Waals surface area contributed by atoms with Crippen molar-refractivity contribution in [3.63, 3.8) is 0 Å². The van der Waals surface area contributed by atoms with Crippen molar-refractivity contribution >= 4 is 29.2 Å². The van der Waals surface area contributed by atoms with Crippen molar-refractivity contribution < 1.29 is 45.8 Å². The highest BCUT2D eigenvalue weighted by Gasteiger charge is 2.31. The van der Waals surface area contributed by atoms with Gasteiger partial charge in [-0.15, -0.1) is 0 Å². The molecule has 1 atom stereocenters. The van der Waals surface area contributed by atoms with E-state index in [1.165, 1.54) is 36.4 Å². The molecule has 0 heterocycles. The van der Waals surface area contributed by atoms with Gasteiger partial charge in [0.05, 0.1) is 17.5 Å². The SMILES string of the molecule is O=C(O)CCNC(=O)c1ccc(NC(Cc2ccc(-c3ccc(C(F)(F)F)cc3)cc2)C(=O)Nc2ccc(C(F)(F)F)cc2)cc1. The lowest BCUT2D eigenvalue weighted by molar-refractivity contribution is -0.138. The number of alkyl halides is 6. The van der Waals surface area contributed by atoms with Gasteiger partial charge in [-0.25, -0.2) is 0 Å². The number of carbonyl (C=O) groups excluding carboxylic acids is 2. The molecule has 2 amide bonds. The Morgan fingerprint density at radius 3 is 1.63 bits per heavy atom. The van der Waals surface area contributed by atoms with E-state index in [1.807, 2.05) is 0 Å². The molecule has 1 unspecified atom stereocenters. The molecule has 0 radical (unpaired) electrons. The maximum Gasteiger partial charge on any atom is 0.416 e. The summed E-state index contributed by atoms with van der Waals surface area (Å²) in [5.41, 5.74) is 1.06. The molecule has 4 N–H and O–H groups in total. The Morgan fingerprint density at radius 1 is 0.652 bits per heavy atom. The van der Waals surface area contributed by atoms with E-state index < -0.39 is 47.3 Å². The van der Waals surface area contributed by atoms with Crippen LogP contribution in [0.2, 0.25) is 0 Å². The molecule has 0 aromatic heterocycles. The number of hydrogen-bond donors (Lipinski definition) is 4. The summed E-state index contributed by atoms with van der Waals surface area (Å²) in [7, 11) is 0. The summed E-state index contributed by atoms with van der Waals surface area (Å²) >= 11 is 0. The average Bonchev–Trinajstić information content (AvgIpc) is 3.00. The van der Waals surface area contributed by atoms with Crippen molar-refractivity contribution in [3.8, 4) is 11.1 Å². The fourth-order valence-corrected chi connectivity index (χ4v) is 4.41. The van der Waals surface area contributed by atoms with Crippen LogP contribution >= 0.6 is 0 Å². The Hall–Kier alpha value is -5.33. The lowest BCUT2D eigenvalue weighted by atomic mass is 9.99. The van der Waals surface area contributed by atoms with Crippen molar-refractivity contribution in [3.05, 3.63) is 119 Å². The van der Waals surface area contributed by atoms with E-state index in [0.29, 0.717) is 22.4 Å². The smallest absolute Gasteiger partial charge is 0.416 e. The molecule has 0 fully saturated rings. The van der Waals surface area contributed by atoms with Gasteiger partial charge in [0.25, 0.3) is 5.91 Å². The summed E-state index contributed by atoms with van der Waals surface area (Å²) in [5, 5.41) is 16.9. The first-order valence-corrected chi connectivity index (χ1v) is 13.8. The first kappa shape index (κ1) is 33.6. The van der Waals surface area contributed by atoms with Gasteiger partial charge in [0, 0.05) is 29.9 Å². The summed E-state index contributed by atoms with van der Waals surface area (Å²) in [6.45, 7) is -0.0575. The van der Waals surface area contributed by atoms with Crippen LogP contribution in [0.25, 0.3) is 11.1 Å². The fourth-order valence-electron chi connectivity index (χ4n) is 4.41. The first-order chi connectivity index (χ1) is 21.7. The maximum absolute atomic E-state index is 13.4. The number of carbonyl (C=O) groups is 3. The minimum atomic E-state index is -4.54. The van der Waals surface area contributed by atoms with Gasteiger partial charge in [-0.3, -0.25) is 14.4 Å². The zero-order valence-corrected chi connectivity index (χ0v) is 23.9. The van der Waals surface area contributed by atoms with Crippen LogP contribution in [-0.2, 0) is 28.4 Å². The molecule has 0 bridgehead atoms. The van der Waals surface area contributed by atoms with Crippen LogP contribution in [0.4, 0.5) is 37.7 Å². The monoisotopic (exact) mass is 643 g/mol. The van der Waals surface area contributed by atoms with Crippen LogP contribution in [0.5, 0.6) is 0 Å². The first-order valence-electron chi connectivity index (χ1n) is 13.8.